The molecule has 0 radical (unpaired) electrons. The summed E-state index contributed by atoms with van der Waals surface area (Å²) in [6.45, 7) is 6.22. The normalized spacial score (nSPS) is 16.6. The SMILES string of the molecule is CCN(C(=O)CNC(C)Cn1ccnc1)C1CC1. The Labute approximate surface area is 108 Å². The zero-order valence-corrected chi connectivity index (χ0v) is 11.2. The smallest absolute Gasteiger partial charge is 0.236 e. The lowest BCUT2D eigenvalue weighted by atomic mass is 10.3. The van der Waals surface area contributed by atoms with E-state index in [0.717, 1.165) is 13.1 Å². The second-order valence-corrected chi connectivity index (χ2v) is 4.95. The number of nitrogens with zero attached hydrogens (tertiary/aromatic N) is 3. The molecule has 1 amide bonds. The van der Waals surface area contributed by atoms with Crippen molar-refractivity contribution < 1.29 is 4.79 Å². The third kappa shape index (κ3) is 3.57. The number of rotatable bonds is 7. The van der Waals surface area contributed by atoms with Crippen LogP contribution in [0.25, 0.3) is 0 Å². The summed E-state index contributed by atoms with van der Waals surface area (Å²) in [6.07, 6.45) is 7.84. The van der Waals surface area contributed by atoms with E-state index in [4.69, 9.17) is 0 Å². The first kappa shape index (κ1) is 13.1. The lowest BCUT2D eigenvalue weighted by Gasteiger charge is -2.22. The molecule has 18 heavy (non-hydrogen) atoms. The molecule has 2 rings (SSSR count). The Morgan fingerprint density at radius 3 is 2.94 bits per heavy atom. The Balaban J connectivity index is 1.71. The van der Waals surface area contributed by atoms with E-state index in [2.05, 4.69) is 17.2 Å². The zero-order valence-electron chi connectivity index (χ0n) is 11.2. The van der Waals surface area contributed by atoms with E-state index in [1.807, 2.05) is 22.6 Å². The summed E-state index contributed by atoms with van der Waals surface area (Å²) in [7, 11) is 0. The van der Waals surface area contributed by atoms with Crippen molar-refractivity contribution in [1.29, 1.82) is 0 Å². The lowest BCUT2D eigenvalue weighted by Crippen LogP contribution is -2.42. The number of imidazole rings is 1. The maximum absolute atomic E-state index is 12.0. The Kier molecular flexibility index (Phi) is 4.36. The van der Waals surface area contributed by atoms with Crippen molar-refractivity contribution in [2.24, 2.45) is 0 Å². The third-order valence-corrected chi connectivity index (χ3v) is 3.29. The van der Waals surface area contributed by atoms with E-state index < -0.39 is 0 Å². The van der Waals surface area contributed by atoms with Gasteiger partial charge in [-0.05, 0) is 26.7 Å². The molecule has 1 heterocycles. The predicted molar refractivity (Wildman–Crippen MR) is 70.1 cm³/mol. The minimum atomic E-state index is 0.220. The van der Waals surface area contributed by atoms with Gasteiger partial charge in [0.1, 0.15) is 0 Å². The topological polar surface area (TPSA) is 50.2 Å². The molecular formula is C13H22N4O. The van der Waals surface area contributed by atoms with E-state index in [1.54, 1.807) is 12.5 Å². The summed E-state index contributed by atoms with van der Waals surface area (Å²) < 4.78 is 2.01. The number of aromatic nitrogens is 2. The molecule has 1 aromatic heterocycles. The highest BCUT2D eigenvalue weighted by Gasteiger charge is 2.30. The number of likely N-dealkylation sites (N-methyl/N-ethyl adjacent to an activating group) is 1. The molecule has 0 bridgehead atoms. The summed E-state index contributed by atoms with van der Waals surface area (Å²) in [5.41, 5.74) is 0. The molecule has 1 aliphatic rings. The summed E-state index contributed by atoms with van der Waals surface area (Å²) in [5.74, 6) is 0.220. The fourth-order valence-electron chi connectivity index (χ4n) is 2.16. The molecule has 1 aliphatic carbocycles. The van der Waals surface area contributed by atoms with Gasteiger partial charge >= 0.3 is 0 Å². The van der Waals surface area contributed by atoms with Gasteiger partial charge in [-0.25, -0.2) is 4.98 Å². The van der Waals surface area contributed by atoms with Gasteiger partial charge in [-0.15, -0.1) is 0 Å². The van der Waals surface area contributed by atoms with Gasteiger partial charge in [-0.3, -0.25) is 4.79 Å². The van der Waals surface area contributed by atoms with Gasteiger partial charge in [0.15, 0.2) is 0 Å². The van der Waals surface area contributed by atoms with Gasteiger partial charge in [0, 0.05) is 37.6 Å². The van der Waals surface area contributed by atoms with Crippen LogP contribution in [0, 0.1) is 0 Å². The van der Waals surface area contributed by atoms with Crippen molar-refractivity contribution >= 4 is 5.91 Å². The van der Waals surface area contributed by atoms with Crippen LogP contribution in [0.4, 0.5) is 0 Å². The van der Waals surface area contributed by atoms with Crippen LogP contribution in [0.2, 0.25) is 0 Å². The van der Waals surface area contributed by atoms with Crippen LogP contribution in [-0.4, -0.2) is 45.5 Å². The van der Waals surface area contributed by atoms with Crippen molar-refractivity contribution in [2.45, 2.75) is 45.3 Å². The molecule has 0 aliphatic heterocycles. The van der Waals surface area contributed by atoms with Gasteiger partial charge < -0.3 is 14.8 Å². The van der Waals surface area contributed by atoms with Crippen LogP contribution in [0.15, 0.2) is 18.7 Å². The van der Waals surface area contributed by atoms with Crippen LogP contribution in [0.5, 0.6) is 0 Å². The summed E-state index contributed by atoms with van der Waals surface area (Å²) in [5, 5.41) is 3.28. The molecule has 1 saturated carbocycles. The van der Waals surface area contributed by atoms with E-state index in [-0.39, 0.29) is 11.9 Å². The minimum absolute atomic E-state index is 0.220. The number of nitrogens with one attached hydrogen (secondary N) is 1. The molecule has 1 unspecified atom stereocenters. The molecule has 1 aromatic rings. The van der Waals surface area contributed by atoms with E-state index in [0.29, 0.717) is 12.6 Å². The second-order valence-electron chi connectivity index (χ2n) is 4.95. The fraction of sp³-hybridized carbons (Fsp3) is 0.692. The van der Waals surface area contributed by atoms with Crippen LogP contribution < -0.4 is 5.32 Å². The van der Waals surface area contributed by atoms with E-state index in [9.17, 15) is 4.79 Å². The average Bonchev–Trinajstić information content (AvgIpc) is 3.05. The largest absolute Gasteiger partial charge is 0.339 e. The molecule has 0 saturated heterocycles. The molecule has 0 spiro atoms. The van der Waals surface area contributed by atoms with Crippen LogP contribution in [0.3, 0.4) is 0 Å². The van der Waals surface area contributed by atoms with Gasteiger partial charge in [0.2, 0.25) is 5.91 Å². The number of hydrogen-bond acceptors (Lipinski definition) is 3. The minimum Gasteiger partial charge on any atom is -0.339 e. The van der Waals surface area contributed by atoms with Crippen molar-refractivity contribution in [1.82, 2.24) is 19.8 Å². The van der Waals surface area contributed by atoms with Crippen molar-refractivity contribution in [3.63, 3.8) is 0 Å². The van der Waals surface area contributed by atoms with Gasteiger partial charge in [-0.1, -0.05) is 0 Å². The quantitative estimate of drug-likeness (QED) is 0.781. The van der Waals surface area contributed by atoms with Gasteiger partial charge in [-0.2, -0.15) is 0 Å². The molecule has 5 nitrogen and oxygen atoms in total. The first-order valence-electron chi connectivity index (χ1n) is 6.69. The molecular weight excluding hydrogens is 228 g/mol. The fourth-order valence-corrected chi connectivity index (χ4v) is 2.16. The standard InChI is InChI=1S/C13H22N4O/c1-3-17(12-4-5-12)13(18)8-15-11(2)9-16-7-6-14-10-16/h6-7,10-12,15H,3-5,8-9H2,1-2H3. The van der Waals surface area contributed by atoms with Crippen molar-refractivity contribution in [3.05, 3.63) is 18.7 Å². The molecule has 100 valence electrons. The lowest BCUT2D eigenvalue weighted by molar-refractivity contribution is -0.130. The molecule has 0 aromatic carbocycles. The Morgan fingerprint density at radius 1 is 1.61 bits per heavy atom. The Bertz CT molecular complexity index is 372. The van der Waals surface area contributed by atoms with Crippen molar-refractivity contribution in [2.75, 3.05) is 13.1 Å². The number of amides is 1. The third-order valence-electron chi connectivity index (χ3n) is 3.29. The highest BCUT2D eigenvalue weighted by Crippen LogP contribution is 2.26. The zero-order chi connectivity index (χ0) is 13.0. The van der Waals surface area contributed by atoms with Crippen LogP contribution >= 0.6 is 0 Å². The van der Waals surface area contributed by atoms with Gasteiger partial charge in [0.25, 0.3) is 0 Å². The summed E-state index contributed by atoms with van der Waals surface area (Å²) in [6, 6.07) is 0.773. The highest BCUT2D eigenvalue weighted by atomic mass is 16.2. The molecule has 1 atom stereocenters. The maximum atomic E-state index is 12.0. The molecule has 5 heteroatoms. The predicted octanol–water partition coefficient (Wildman–Crippen LogP) is 0.872. The maximum Gasteiger partial charge on any atom is 0.236 e. The summed E-state index contributed by atoms with van der Waals surface area (Å²) >= 11 is 0. The first-order chi connectivity index (χ1) is 8.70. The van der Waals surface area contributed by atoms with E-state index in [1.165, 1.54) is 12.8 Å². The van der Waals surface area contributed by atoms with E-state index >= 15 is 0 Å². The average molecular weight is 250 g/mol. The Morgan fingerprint density at radius 2 is 2.39 bits per heavy atom. The number of hydrogen-bond donors (Lipinski definition) is 1. The highest BCUT2D eigenvalue weighted by molar-refractivity contribution is 5.78. The first-order valence-corrected chi connectivity index (χ1v) is 6.69. The van der Waals surface area contributed by atoms with Crippen molar-refractivity contribution in [3.8, 4) is 0 Å². The number of carbonyl (C=O) groups excluding carboxylic acids is 1. The number of carbonyl (C=O) groups is 1. The second kappa shape index (κ2) is 6.00. The van der Waals surface area contributed by atoms with Crippen LogP contribution in [-0.2, 0) is 11.3 Å². The van der Waals surface area contributed by atoms with Crippen LogP contribution in [0.1, 0.15) is 26.7 Å². The molecule has 1 N–H and O–H groups in total. The molecule has 1 fully saturated rings. The Hall–Kier alpha value is -1.36. The summed E-state index contributed by atoms with van der Waals surface area (Å²) in [4.78, 5) is 18.0. The monoisotopic (exact) mass is 250 g/mol. The van der Waals surface area contributed by atoms with Gasteiger partial charge in [0.05, 0.1) is 12.9 Å².